The first-order valence-electron chi connectivity index (χ1n) is 9.31. The van der Waals surface area contributed by atoms with Gasteiger partial charge in [-0.1, -0.05) is 21.2 Å². The molecule has 30 heavy (non-hydrogen) atoms. The van der Waals surface area contributed by atoms with E-state index in [4.69, 9.17) is 4.74 Å². The van der Waals surface area contributed by atoms with Crippen LogP contribution in [0.1, 0.15) is 6.92 Å². The summed E-state index contributed by atoms with van der Waals surface area (Å²) in [7, 11) is 0. The number of imide groups is 1. The maximum Gasteiger partial charge on any atom is 0.263 e. The summed E-state index contributed by atoms with van der Waals surface area (Å²) in [4.78, 5) is 39.1. The van der Waals surface area contributed by atoms with Crippen LogP contribution in [0.2, 0.25) is 0 Å². The number of nitrogens with one attached hydrogen (secondary N) is 1. The smallest absolute Gasteiger partial charge is 0.263 e. The van der Waals surface area contributed by atoms with Crippen molar-refractivity contribution in [1.29, 1.82) is 0 Å². The number of rotatable bonds is 6. The fourth-order valence-electron chi connectivity index (χ4n) is 3.35. The molecule has 4 rings (SSSR count). The topological polar surface area (TPSA) is 104 Å². The molecule has 2 aromatic carbocycles. The fourth-order valence-corrected chi connectivity index (χ4v) is 3.61. The summed E-state index contributed by atoms with van der Waals surface area (Å²) in [5, 5.41) is 11.8. The van der Waals surface area contributed by atoms with Crippen LogP contribution < -0.4 is 15.0 Å². The van der Waals surface area contributed by atoms with Gasteiger partial charge in [-0.2, -0.15) is 5.11 Å². The van der Waals surface area contributed by atoms with Gasteiger partial charge in [-0.25, -0.2) is 4.90 Å². The average Bonchev–Trinajstić information content (AvgIpc) is 3.24. The van der Waals surface area contributed by atoms with Crippen LogP contribution in [-0.4, -0.2) is 48.0 Å². The maximum atomic E-state index is 12.9. The van der Waals surface area contributed by atoms with Gasteiger partial charge in [0, 0.05) is 10.2 Å². The van der Waals surface area contributed by atoms with Gasteiger partial charge in [0.25, 0.3) is 11.8 Å². The van der Waals surface area contributed by atoms with Crippen molar-refractivity contribution in [2.75, 3.05) is 23.4 Å². The molecule has 0 aromatic heterocycles. The summed E-state index contributed by atoms with van der Waals surface area (Å²) in [5.41, 5.74) is 1.04. The molecule has 1 fully saturated rings. The third kappa shape index (κ3) is 3.78. The summed E-state index contributed by atoms with van der Waals surface area (Å²) >= 11 is 3.33. The van der Waals surface area contributed by atoms with E-state index in [1.54, 1.807) is 48.5 Å². The number of halogens is 1. The van der Waals surface area contributed by atoms with Gasteiger partial charge >= 0.3 is 0 Å². The number of fused-ring (bicyclic) bond motifs is 1. The van der Waals surface area contributed by atoms with Gasteiger partial charge in [0.05, 0.1) is 12.3 Å². The lowest BCUT2D eigenvalue weighted by Gasteiger charge is -2.20. The van der Waals surface area contributed by atoms with E-state index in [1.165, 1.54) is 5.01 Å². The molecule has 0 unspecified atom stereocenters. The number of amides is 3. The maximum absolute atomic E-state index is 12.9. The van der Waals surface area contributed by atoms with E-state index in [9.17, 15) is 14.4 Å². The Morgan fingerprint density at radius 1 is 1.10 bits per heavy atom. The zero-order valence-corrected chi connectivity index (χ0v) is 17.6. The van der Waals surface area contributed by atoms with Crippen molar-refractivity contribution >= 4 is 45.0 Å². The molecule has 2 aliphatic heterocycles. The number of carbonyl (C=O) groups is 3. The van der Waals surface area contributed by atoms with E-state index >= 15 is 0 Å². The summed E-state index contributed by atoms with van der Waals surface area (Å²) in [6.07, 6.45) is 0. The lowest BCUT2D eigenvalue weighted by Crippen LogP contribution is -2.43. The quantitative estimate of drug-likeness (QED) is 0.652. The molecule has 0 saturated carbocycles. The van der Waals surface area contributed by atoms with Crippen LogP contribution in [0.3, 0.4) is 0 Å². The number of hydrogen-bond acceptors (Lipinski definition) is 7. The van der Waals surface area contributed by atoms with Gasteiger partial charge in [-0.05, 0) is 55.5 Å². The molecule has 0 spiro atoms. The molecule has 2 heterocycles. The Hall–Kier alpha value is -3.27. The Labute approximate surface area is 180 Å². The molecule has 3 amide bonds. The van der Waals surface area contributed by atoms with Crippen molar-refractivity contribution < 1.29 is 19.1 Å². The summed E-state index contributed by atoms with van der Waals surface area (Å²) in [6, 6.07) is 11.9. The third-order valence-corrected chi connectivity index (χ3v) is 5.23. The van der Waals surface area contributed by atoms with Gasteiger partial charge < -0.3 is 10.1 Å². The standard InChI is InChI=1S/C20H18BrN5O4/c1-2-30-15-9-5-13(6-10-15)22-16(27)11-25-18-17(23-24-25)19(28)26(20(18)29)14-7-3-12(21)4-8-14/h3-10,17-18H,2,11H2,1H3,(H,22,27)/t17-,18-/m0/s1. The summed E-state index contributed by atoms with van der Waals surface area (Å²) in [5.74, 6) is -0.576. The number of anilines is 2. The normalized spacial score (nSPS) is 19.9. The summed E-state index contributed by atoms with van der Waals surface area (Å²) < 4.78 is 6.20. The molecule has 0 bridgehead atoms. The van der Waals surface area contributed by atoms with Crippen LogP contribution in [-0.2, 0) is 14.4 Å². The molecule has 0 aliphatic carbocycles. The van der Waals surface area contributed by atoms with Crippen LogP contribution in [0.4, 0.5) is 11.4 Å². The largest absolute Gasteiger partial charge is 0.494 e. The Morgan fingerprint density at radius 2 is 1.80 bits per heavy atom. The van der Waals surface area contributed by atoms with E-state index in [0.29, 0.717) is 23.7 Å². The first kappa shape index (κ1) is 20.0. The zero-order valence-electron chi connectivity index (χ0n) is 16.0. The number of ether oxygens (including phenoxy) is 1. The van der Waals surface area contributed by atoms with Crippen molar-refractivity contribution in [3.63, 3.8) is 0 Å². The highest BCUT2D eigenvalue weighted by Crippen LogP contribution is 2.32. The van der Waals surface area contributed by atoms with E-state index in [1.807, 2.05) is 6.92 Å². The second-order valence-electron chi connectivity index (χ2n) is 6.69. The second-order valence-corrected chi connectivity index (χ2v) is 7.60. The van der Waals surface area contributed by atoms with Gasteiger partial charge in [-0.15, -0.1) is 0 Å². The Kier molecular flexibility index (Phi) is 5.49. The average molecular weight is 472 g/mol. The van der Waals surface area contributed by atoms with Gasteiger partial charge in [0.15, 0.2) is 12.1 Å². The van der Waals surface area contributed by atoms with Crippen molar-refractivity contribution in [3.05, 3.63) is 53.0 Å². The van der Waals surface area contributed by atoms with E-state index in [0.717, 1.165) is 9.37 Å². The lowest BCUT2D eigenvalue weighted by atomic mass is 10.1. The number of carbonyl (C=O) groups excluding carboxylic acids is 3. The SMILES string of the molecule is CCOc1ccc(NC(=O)CN2N=N[C@@H]3C(=O)N(c4ccc(Br)cc4)C(=O)[C@H]32)cc1. The van der Waals surface area contributed by atoms with Crippen LogP contribution >= 0.6 is 15.9 Å². The van der Waals surface area contributed by atoms with Crippen LogP contribution in [0.25, 0.3) is 0 Å². The van der Waals surface area contributed by atoms with Crippen molar-refractivity contribution in [2.45, 2.75) is 19.0 Å². The molecular weight excluding hydrogens is 454 g/mol. The highest BCUT2D eigenvalue weighted by Gasteiger charge is 2.55. The van der Waals surface area contributed by atoms with Crippen molar-refractivity contribution in [3.8, 4) is 5.75 Å². The van der Waals surface area contributed by atoms with Crippen LogP contribution in [0.5, 0.6) is 5.75 Å². The molecule has 2 atom stereocenters. The molecule has 2 aromatic rings. The third-order valence-electron chi connectivity index (χ3n) is 4.70. The van der Waals surface area contributed by atoms with Crippen LogP contribution in [0.15, 0.2) is 63.3 Å². The Morgan fingerprint density at radius 3 is 2.47 bits per heavy atom. The van der Waals surface area contributed by atoms with Crippen molar-refractivity contribution in [2.24, 2.45) is 10.3 Å². The molecule has 154 valence electrons. The summed E-state index contributed by atoms with van der Waals surface area (Å²) in [6.45, 7) is 2.24. The molecule has 1 saturated heterocycles. The first-order chi connectivity index (χ1) is 14.5. The molecule has 0 radical (unpaired) electrons. The first-order valence-corrected chi connectivity index (χ1v) is 10.1. The molecule has 1 N–H and O–H groups in total. The minimum Gasteiger partial charge on any atom is -0.494 e. The molecular formula is C20H18BrN5O4. The zero-order chi connectivity index (χ0) is 21.3. The minimum atomic E-state index is -0.945. The lowest BCUT2D eigenvalue weighted by molar-refractivity contribution is -0.123. The Balaban J connectivity index is 1.43. The predicted octanol–water partition coefficient (Wildman–Crippen LogP) is 2.78. The number of benzene rings is 2. The second kappa shape index (κ2) is 8.23. The van der Waals surface area contributed by atoms with Gasteiger partial charge in [-0.3, -0.25) is 19.4 Å². The predicted molar refractivity (Wildman–Crippen MR) is 112 cm³/mol. The van der Waals surface area contributed by atoms with Crippen LogP contribution in [0, 0.1) is 0 Å². The van der Waals surface area contributed by atoms with Crippen molar-refractivity contribution in [1.82, 2.24) is 5.01 Å². The van der Waals surface area contributed by atoms with Gasteiger partial charge in [0.2, 0.25) is 5.91 Å². The fraction of sp³-hybridized carbons (Fsp3) is 0.250. The minimum absolute atomic E-state index is 0.203. The molecule has 9 nitrogen and oxygen atoms in total. The Bertz CT molecular complexity index is 1010. The molecule has 10 heteroatoms. The van der Waals surface area contributed by atoms with E-state index < -0.39 is 23.9 Å². The molecule has 2 aliphatic rings. The number of hydrogen-bond donors (Lipinski definition) is 1. The van der Waals surface area contributed by atoms with Gasteiger partial charge in [0.1, 0.15) is 12.3 Å². The van der Waals surface area contributed by atoms with E-state index in [-0.39, 0.29) is 12.5 Å². The monoisotopic (exact) mass is 471 g/mol. The highest BCUT2D eigenvalue weighted by atomic mass is 79.9. The van der Waals surface area contributed by atoms with E-state index in [2.05, 4.69) is 31.6 Å². The number of nitrogens with zero attached hydrogens (tertiary/aromatic N) is 4. The highest BCUT2D eigenvalue weighted by molar-refractivity contribution is 9.10.